The van der Waals surface area contributed by atoms with Crippen molar-refractivity contribution in [2.45, 2.75) is 19.4 Å². The monoisotopic (exact) mass is 337 g/mol. The molecule has 0 saturated carbocycles. The number of benzene rings is 2. The van der Waals surface area contributed by atoms with Gasteiger partial charge in [0, 0.05) is 6.04 Å². The first-order valence-corrected chi connectivity index (χ1v) is 7.15. The van der Waals surface area contributed by atoms with Crippen molar-refractivity contribution < 1.29 is 9.13 Å². The van der Waals surface area contributed by atoms with Gasteiger partial charge >= 0.3 is 0 Å². The van der Waals surface area contributed by atoms with E-state index in [2.05, 4.69) is 15.9 Å². The molecule has 0 aliphatic rings. The number of halogens is 2. The summed E-state index contributed by atoms with van der Waals surface area (Å²) in [5, 5.41) is 0. The van der Waals surface area contributed by atoms with Gasteiger partial charge in [-0.3, -0.25) is 0 Å². The topological polar surface area (TPSA) is 35.2 Å². The molecule has 0 bridgehead atoms. The molecule has 2 aromatic rings. The first-order chi connectivity index (χ1) is 9.52. The van der Waals surface area contributed by atoms with Crippen LogP contribution in [0.2, 0.25) is 0 Å². The predicted octanol–water partition coefficient (Wildman–Crippen LogP) is 4.15. The quantitative estimate of drug-likeness (QED) is 0.909. The van der Waals surface area contributed by atoms with Crippen molar-refractivity contribution in [1.82, 2.24) is 0 Å². The van der Waals surface area contributed by atoms with Crippen molar-refractivity contribution in [2.75, 3.05) is 7.11 Å². The van der Waals surface area contributed by atoms with Crippen molar-refractivity contribution in [2.24, 2.45) is 5.73 Å². The van der Waals surface area contributed by atoms with E-state index in [0.717, 1.165) is 22.4 Å². The molecule has 2 aromatic carbocycles. The summed E-state index contributed by atoms with van der Waals surface area (Å²) in [7, 11) is 1.64. The first kappa shape index (κ1) is 15.0. The Hall–Kier alpha value is -1.39. The van der Waals surface area contributed by atoms with Crippen LogP contribution in [0.15, 0.2) is 40.9 Å². The fourth-order valence-corrected chi connectivity index (χ4v) is 2.62. The van der Waals surface area contributed by atoms with E-state index in [4.69, 9.17) is 10.5 Å². The molecule has 0 radical (unpaired) electrons. The van der Waals surface area contributed by atoms with E-state index in [0.29, 0.717) is 10.9 Å². The number of hydrogen-bond acceptors (Lipinski definition) is 2. The van der Waals surface area contributed by atoms with Crippen LogP contribution in [0.25, 0.3) is 0 Å². The third kappa shape index (κ3) is 3.19. The maximum atomic E-state index is 13.5. The van der Waals surface area contributed by atoms with Gasteiger partial charge in [0.2, 0.25) is 0 Å². The summed E-state index contributed by atoms with van der Waals surface area (Å²) < 4.78 is 19.2. The average Bonchev–Trinajstić information content (AvgIpc) is 2.43. The third-order valence-corrected chi connectivity index (χ3v) is 4.21. The number of rotatable bonds is 4. The van der Waals surface area contributed by atoms with Gasteiger partial charge in [-0.25, -0.2) is 4.39 Å². The Balaban J connectivity index is 2.21. The van der Waals surface area contributed by atoms with Crippen LogP contribution in [0, 0.1) is 12.7 Å². The zero-order valence-corrected chi connectivity index (χ0v) is 13.1. The zero-order chi connectivity index (χ0) is 14.7. The fourth-order valence-electron chi connectivity index (χ4n) is 2.19. The summed E-state index contributed by atoms with van der Waals surface area (Å²) >= 11 is 3.27. The number of nitrogens with two attached hydrogens (primary N) is 1. The van der Waals surface area contributed by atoms with E-state index >= 15 is 0 Å². The molecule has 2 N–H and O–H groups in total. The van der Waals surface area contributed by atoms with Gasteiger partial charge < -0.3 is 10.5 Å². The highest BCUT2D eigenvalue weighted by Gasteiger charge is 2.12. The Morgan fingerprint density at radius 1 is 1.30 bits per heavy atom. The predicted molar refractivity (Wildman–Crippen MR) is 82.5 cm³/mol. The molecule has 0 fully saturated rings. The van der Waals surface area contributed by atoms with Crippen LogP contribution in [0.1, 0.15) is 22.7 Å². The molecule has 0 saturated heterocycles. The molecule has 1 unspecified atom stereocenters. The molecule has 0 aliphatic carbocycles. The highest BCUT2D eigenvalue weighted by atomic mass is 79.9. The van der Waals surface area contributed by atoms with Gasteiger partial charge in [-0.15, -0.1) is 0 Å². The third-order valence-electron chi connectivity index (χ3n) is 3.32. The van der Waals surface area contributed by atoms with Crippen molar-refractivity contribution >= 4 is 15.9 Å². The number of methoxy groups -OCH3 is 1. The maximum Gasteiger partial charge on any atom is 0.137 e. The van der Waals surface area contributed by atoms with Crippen molar-refractivity contribution in [3.63, 3.8) is 0 Å². The fraction of sp³-hybridized carbons (Fsp3) is 0.250. The molecule has 0 heterocycles. The van der Waals surface area contributed by atoms with Crippen LogP contribution in [0.3, 0.4) is 0 Å². The van der Waals surface area contributed by atoms with Crippen molar-refractivity contribution in [3.8, 4) is 5.75 Å². The number of aryl methyl sites for hydroxylation is 1. The average molecular weight is 338 g/mol. The summed E-state index contributed by atoms with van der Waals surface area (Å²) in [5.74, 6) is 0.577. The minimum absolute atomic E-state index is 0.183. The second-order valence-corrected chi connectivity index (χ2v) is 5.55. The standard InChI is InChI=1S/C16H17BrFNO/c1-10-8-11(6-7-15(10)20-2)14(19)9-12-4-3-5-13(18)16(12)17/h3-8,14H,9,19H2,1-2H3. The highest BCUT2D eigenvalue weighted by molar-refractivity contribution is 9.10. The van der Waals surface area contributed by atoms with Crippen LogP contribution in [-0.4, -0.2) is 7.11 Å². The van der Waals surface area contributed by atoms with E-state index in [9.17, 15) is 4.39 Å². The van der Waals surface area contributed by atoms with E-state index < -0.39 is 0 Å². The molecule has 0 spiro atoms. The SMILES string of the molecule is COc1ccc(C(N)Cc2cccc(F)c2Br)cc1C. The summed E-state index contributed by atoms with van der Waals surface area (Å²) in [4.78, 5) is 0. The summed E-state index contributed by atoms with van der Waals surface area (Å²) in [5.41, 5.74) is 9.14. The lowest BCUT2D eigenvalue weighted by Crippen LogP contribution is -2.14. The van der Waals surface area contributed by atoms with Crippen molar-refractivity contribution in [1.29, 1.82) is 0 Å². The van der Waals surface area contributed by atoms with Gasteiger partial charge in [-0.2, -0.15) is 0 Å². The molecular weight excluding hydrogens is 321 g/mol. The molecule has 106 valence electrons. The Morgan fingerprint density at radius 3 is 2.70 bits per heavy atom. The number of ether oxygens (including phenoxy) is 1. The van der Waals surface area contributed by atoms with Crippen LogP contribution < -0.4 is 10.5 Å². The lowest BCUT2D eigenvalue weighted by atomic mass is 9.98. The highest BCUT2D eigenvalue weighted by Crippen LogP contribution is 2.27. The first-order valence-electron chi connectivity index (χ1n) is 6.36. The Bertz CT molecular complexity index is 615. The minimum Gasteiger partial charge on any atom is -0.496 e. The van der Waals surface area contributed by atoms with Crippen LogP contribution >= 0.6 is 15.9 Å². The van der Waals surface area contributed by atoms with E-state index in [1.807, 2.05) is 31.2 Å². The molecular formula is C16H17BrFNO. The smallest absolute Gasteiger partial charge is 0.137 e. The zero-order valence-electron chi connectivity index (χ0n) is 11.5. The largest absolute Gasteiger partial charge is 0.496 e. The Morgan fingerprint density at radius 2 is 2.05 bits per heavy atom. The summed E-state index contributed by atoms with van der Waals surface area (Å²) in [6, 6.07) is 10.7. The maximum absolute atomic E-state index is 13.5. The van der Waals surface area contributed by atoms with Gasteiger partial charge in [-0.1, -0.05) is 24.3 Å². The van der Waals surface area contributed by atoms with E-state index in [1.54, 1.807) is 13.2 Å². The normalized spacial score (nSPS) is 12.2. The second kappa shape index (κ2) is 6.37. The molecule has 2 rings (SSSR count). The van der Waals surface area contributed by atoms with Gasteiger partial charge in [0.05, 0.1) is 11.6 Å². The van der Waals surface area contributed by atoms with E-state index in [-0.39, 0.29) is 11.9 Å². The van der Waals surface area contributed by atoms with Gasteiger partial charge in [0.25, 0.3) is 0 Å². The lowest BCUT2D eigenvalue weighted by Gasteiger charge is -2.15. The molecule has 4 heteroatoms. The molecule has 2 nitrogen and oxygen atoms in total. The number of hydrogen-bond donors (Lipinski definition) is 1. The van der Waals surface area contributed by atoms with Gasteiger partial charge in [0.15, 0.2) is 0 Å². The molecule has 0 amide bonds. The molecule has 20 heavy (non-hydrogen) atoms. The minimum atomic E-state index is -0.263. The summed E-state index contributed by atoms with van der Waals surface area (Å²) in [6.07, 6.45) is 0.574. The second-order valence-electron chi connectivity index (χ2n) is 4.75. The Kier molecular flexibility index (Phi) is 4.78. The van der Waals surface area contributed by atoms with Crippen LogP contribution in [0.5, 0.6) is 5.75 Å². The van der Waals surface area contributed by atoms with Crippen LogP contribution in [-0.2, 0) is 6.42 Å². The van der Waals surface area contributed by atoms with Gasteiger partial charge in [-0.05, 0) is 58.1 Å². The van der Waals surface area contributed by atoms with Crippen molar-refractivity contribution in [3.05, 3.63) is 63.4 Å². The molecule has 0 aromatic heterocycles. The van der Waals surface area contributed by atoms with Crippen LogP contribution in [0.4, 0.5) is 4.39 Å². The van der Waals surface area contributed by atoms with E-state index in [1.165, 1.54) is 6.07 Å². The lowest BCUT2D eigenvalue weighted by molar-refractivity contribution is 0.411. The summed E-state index contributed by atoms with van der Waals surface area (Å²) in [6.45, 7) is 1.98. The Labute approximate surface area is 126 Å². The molecule has 1 atom stereocenters. The molecule has 0 aliphatic heterocycles. The van der Waals surface area contributed by atoms with Gasteiger partial charge in [0.1, 0.15) is 11.6 Å².